The van der Waals surface area contributed by atoms with Crippen LogP contribution in [0.15, 0.2) is 115 Å². The van der Waals surface area contributed by atoms with E-state index in [9.17, 15) is 0 Å². The molecule has 0 aliphatic carbocycles. The highest BCUT2D eigenvalue weighted by molar-refractivity contribution is 6.27. The van der Waals surface area contributed by atoms with Gasteiger partial charge in [-0.15, -0.1) is 0 Å². The second kappa shape index (κ2) is 6.49. The van der Waals surface area contributed by atoms with Crippen molar-refractivity contribution in [2.45, 2.75) is 0 Å². The third-order valence-electron chi connectivity index (χ3n) is 7.29. The first kappa shape index (κ1) is 17.9. The van der Waals surface area contributed by atoms with E-state index in [1.807, 2.05) is 0 Å². The number of aromatic nitrogens is 2. The molecule has 8 rings (SSSR count). The van der Waals surface area contributed by atoms with Crippen molar-refractivity contribution in [1.82, 2.24) is 9.55 Å². The lowest BCUT2D eigenvalue weighted by Crippen LogP contribution is -1.95. The molecule has 2 aromatic heterocycles. The van der Waals surface area contributed by atoms with Crippen LogP contribution in [0.2, 0.25) is 0 Å². The average molecular weight is 433 g/mol. The van der Waals surface area contributed by atoms with Gasteiger partial charge in [0.1, 0.15) is 0 Å². The highest BCUT2D eigenvalue weighted by atomic mass is 15.0. The summed E-state index contributed by atoms with van der Waals surface area (Å²) in [6.07, 6.45) is 0. The van der Waals surface area contributed by atoms with Crippen molar-refractivity contribution in [3.63, 3.8) is 0 Å². The van der Waals surface area contributed by atoms with E-state index in [4.69, 9.17) is 0 Å². The van der Waals surface area contributed by atoms with E-state index in [1.165, 1.54) is 70.8 Å². The minimum atomic E-state index is 1.18. The largest absolute Gasteiger partial charge is 0.354 e. The Labute approximate surface area is 195 Å². The number of fused-ring (bicyclic) bond motifs is 10. The molecule has 2 heteroatoms. The van der Waals surface area contributed by atoms with Crippen molar-refractivity contribution in [2.75, 3.05) is 0 Å². The van der Waals surface area contributed by atoms with Gasteiger partial charge >= 0.3 is 0 Å². The van der Waals surface area contributed by atoms with E-state index in [2.05, 4.69) is 125 Å². The number of nitrogens with zero attached hydrogens (tertiary/aromatic N) is 1. The molecule has 158 valence electrons. The predicted molar refractivity (Wildman–Crippen MR) is 145 cm³/mol. The van der Waals surface area contributed by atoms with Crippen molar-refractivity contribution in [3.8, 4) is 5.69 Å². The molecule has 0 fully saturated rings. The Hall–Kier alpha value is -4.56. The molecule has 0 aliphatic heterocycles. The number of aromatic amines is 1. The highest BCUT2D eigenvalue weighted by Gasteiger charge is 2.18. The Balaban J connectivity index is 1.63. The normalized spacial score (nSPS) is 12.1. The number of nitrogens with one attached hydrogen (secondary N) is 1. The summed E-state index contributed by atoms with van der Waals surface area (Å²) >= 11 is 0. The van der Waals surface area contributed by atoms with Gasteiger partial charge in [0.2, 0.25) is 0 Å². The van der Waals surface area contributed by atoms with Crippen LogP contribution in [-0.4, -0.2) is 9.55 Å². The Morgan fingerprint density at radius 3 is 2.12 bits per heavy atom. The Kier molecular flexibility index (Phi) is 3.42. The lowest BCUT2D eigenvalue weighted by molar-refractivity contribution is 1.19. The predicted octanol–water partition coefficient (Wildman–Crippen LogP) is 8.72. The average Bonchev–Trinajstić information content (AvgIpc) is 3.44. The number of hydrogen-bond acceptors (Lipinski definition) is 0. The molecule has 1 N–H and O–H groups in total. The first-order valence-electron chi connectivity index (χ1n) is 11.7. The molecule has 2 nitrogen and oxygen atoms in total. The van der Waals surface area contributed by atoms with Crippen molar-refractivity contribution < 1.29 is 0 Å². The van der Waals surface area contributed by atoms with E-state index in [0.717, 1.165) is 0 Å². The summed E-state index contributed by atoms with van der Waals surface area (Å²) in [6.45, 7) is 0. The zero-order valence-electron chi connectivity index (χ0n) is 18.4. The van der Waals surface area contributed by atoms with E-state index in [-0.39, 0.29) is 0 Å². The van der Waals surface area contributed by atoms with Gasteiger partial charge in [-0.1, -0.05) is 91.0 Å². The molecule has 2 heterocycles. The maximum atomic E-state index is 3.75. The Bertz CT molecular complexity index is 2070. The summed E-state index contributed by atoms with van der Waals surface area (Å²) in [5.74, 6) is 0. The van der Waals surface area contributed by atoms with Crippen molar-refractivity contribution in [1.29, 1.82) is 0 Å². The molecule has 0 saturated carbocycles. The fourth-order valence-corrected chi connectivity index (χ4v) is 5.77. The number of hydrogen-bond donors (Lipinski definition) is 1. The minimum Gasteiger partial charge on any atom is -0.354 e. The molecule has 34 heavy (non-hydrogen) atoms. The molecule has 0 atom stereocenters. The van der Waals surface area contributed by atoms with Gasteiger partial charge in [-0.3, -0.25) is 0 Å². The van der Waals surface area contributed by atoms with Gasteiger partial charge in [-0.25, -0.2) is 0 Å². The molecular weight excluding hydrogens is 412 g/mol. The van der Waals surface area contributed by atoms with Gasteiger partial charge in [0.15, 0.2) is 0 Å². The van der Waals surface area contributed by atoms with E-state index in [1.54, 1.807) is 0 Å². The van der Waals surface area contributed by atoms with Crippen LogP contribution in [0.5, 0.6) is 0 Å². The van der Waals surface area contributed by atoms with Gasteiger partial charge < -0.3 is 9.55 Å². The second-order valence-corrected chi connectivity index (χ2v) is 9.10. The number of rotatable bonds is 1. The van der Waals surface area contributed by atoms with Crippen molar-refractivity contribution >= 4 is 65.2 Å². The van der Waals surface area contributed by atoms with Gasteiger partial charge in [0, 0.05) is 38.1 Å². The summed E-state index contributed by atoms with van der Waals surface area (Å²) in [4.78, 5) is 3.75. The fourth-order valence-electron chi connectivity index (χ4n) is 5.77. The number of para-hydroxylation sites is 2. The molecular formula is C32H20N2. The van der Waals surface area contributed by atoms with Crippen LogP contribution in [0.3, 0.4) is 0 Å². The first-order chi connectivity index (χ1) is 16.9. The number of H-pyrrole nitrogens is 1. The smallest absolute Gasteiger partial charge is 0.0640 e. The molecule has 0 saturated heterocycles. The summed E-state index contributed by atoms with van der Waals surface area (Å²) in [6, 6.07) is 41.8. The third-order valence-corrected chi connectivity index (χ3v) is 7.29. The molecule has 6 aromatic carbocycles. The van der Waals surface area contributed by atoms with Crippen molar-refractivity contribution in [3.05, 3.63) is 115 Å². The third kappa shape index (κ3) is 2.29. The molecule has 8 aromatic rings. The highest BCUT2D eigenvalue weighted by Crippen LogP contribution is 2.40. The van der Waals surface area contributed by atoms with Gasteiger partial charge in [0.05, 0.1) is 16.6 Å². The first-order valence-corrected chi connectivity index (χ1v) is 11.7. The summed E-state index contributed by atoms with van der Waals surface area (Å²) < 4.78 is 2.45. The monoisotopic (exact) mass is 432 g/mol. The summed E-state index contributed by atoms with van der Waals surface area (Å²) in [5.41, 5.74) is 6.05. The van der Waals surface area contributed by atoms with Crippen LogP contribution in [0.25, 0.3) is 70.8 Å². The van der Waals surface area contributed by atoms with Crippen LogP contribution in [0.1, 0.15) is 0 Å². The SMILES string of the molecule is c1ccc2cc(-n3c4ccccc4c4ccc5ccc6c7ccccc7[nH]c6c5c43)ccc2c1. The lowest BCUT2D eigenvalue weighted by Gasteiger charge is -2.12. The van der Waals surface area contributed by atoms with Crippen molar-refractivity contribution in [2.24, 2.45) is 0 Å². The maximum Gasteiger partial charge on any atom is 0.0640 e. The maximum absolute atomic E-state index is 3.75. The van der Waals surface area contributed by atoms with E-state index >= 15 is 0 Å². The van der Waals surface area contributed by atoms with Crippen LogP contribution in [0.4, 0.5) is 0 Å². The molecule has 0 spiro atoms. The zero-order valence-corrected chi connectivity index (χ0v) is 18.4. The van der Waals surface area contributed by atoms with E-state index < -0.39 is 0 Å². The summed E-state index contributed by atoms with van der Waals surface area (Å²) in [7, 11) is 0. The Morgan fingerprint density at radius 2 is 1.21 bits per heavy atom. The molecule has 0 aliphatic rings. The summed E-state index contributed by atoms with van der Waals surface area (Å²) in [5, 5.41) is 10.1. The van der Waals surface area contributed by atoms with Gasteiger partial charge in [0.25, 0.3) is 0 Å². The Morgan fingerprint density at radius 1 is 0.500 bits per heavy atom. The van der Waals surface area contributed by atoms with E-state index in [0.29, 0.717) is 0 Å². The molecule has 0 unspecified atom stereocenters. The van der Waals surface area contributed by atoms with Crippen LogP contribution < -0.4 is 0 Å². The lowest BCUT2D eigenvalue weighted by atomic mass is 10.0. The molecule has 0 bridgehead atoms. The minimum absolute atomic E-state index is 1.18. The standard InChI is InChI=1S/C32H20N2/c1-2-8-22-19-23(16-13-20(22)7-1)34-29-12-6-4-10-25(29)27-18-15-21-14-17-26-24-9-3-5-11-28(24)33-31(26)30(21)32(27)34/h1-19,33H. The zero-order chi connectivity index (χ0) is 22.2. The van der Waals surface area contributed by atoms with Crippen LogP contribution in [-0.2, 0) is 0 Å². The fraction of sp³-hybridized carbons (Fsp3) is 0. The van der Waals surface area contributed by atoms with Gasteiger partial charge in [-0.2, -0.15) is 0 Å². The quantitative estimate of drug-likeness (QED) is 0.268. The van der Waals surface area contributed by atoms with Crippen LogP contribution in [0, 0.1) is 0 Å². The number of benzene rings is 6. The van der Waals surface area contributed by atoms with Crippen LogP contribution >= 0.6 is 0 Å². The molecule has 0 radical (unpaired) electrons. The van der Waals surface area contributed by atoms with Gasteiger partial charge in [-0.05, 0) is 40.4 Å². The topological polar surface area (TPSA) is 20.7 Å². The molecule has 0 amide bonds. The second-order valence-electron chi connectivity index (χ2n) is 9.10.